The van der Waals surface area contributed by atoms with Crippen LogP contribution < -0.4 is 5.32 Å². The number of hydrogen-bond donors (Lipinski definition) is 1. The van der Waals surface area contributed by atoms with Gasteiger partial charge in [-0.2, -0.15) is 18.3 Å². The van der Waals surface area contributed by atoms with E-state index >= 15 is 0 Å². The molecule has 5 nitrogen and oxygen atoms in total. The molecule has 1 aromatic heterocycles. The van der Waals surface area contributed by atoms with Crippen molar-refractivity contribution in [1.82, 2.24) is 20.1 Å². The Morgan fingerprint density at radius 2 is 2.16 bits per heavy atom. The quantitative estimate of drug-likeness (QED) is 0.894. The first kappa shape index (κ1) is 17.6. The summed E-state index contributed by atoms with van der Waals surface area (Å²) < 4.78 is 38.6. The molecule has 0 saturated carbocycles. The number of hydrogen-bond acceptors (Lipinski definition) is 5. The topological polar surface area (TPSA) is 53.9 Å². The SMILES string of the molecule is CCN1CCCC1CNc1nncc(-c2cccc(C(F)(F)F)c2)n1. The van der Waals surface area contributed by atoms with Crippen molar-refractivity contribution in [3.8, 4) is 11.3 Å². The smallest absolute Gasteiger partial charge is 0.351 e. The van der Waals surface area contributed by atoms with Gasteiger partial charge in [0.2, 0.25) is 5.95 Å². The van der Waals surface area contributed by atoms with Crippen LogP contribution in [-0.2, 0) is 6.18 Å². The maximum Gasteiger partial charge on any atom is 0.416 e. The van der Waals surface area contributed by atoms with Crippen molar-refractivity contribution < 1.29 is 13.2 Å². The third-order valence-electron chi connectivity index (χ3n) is 4.45. The van der Waals surface area contributed by atoms with Crippen LogP contribution in [0.25, 0.3) is 11.3 Å². The van der Waals surface area contributed by atoms with Crippen LogP contribution in [0, 0.1) is 0 Å². The summed E-state index contributed by atoms with van der Waals surface area (Å²) in [4.78, 5) is 6.69. The highest BCUT2D eigenvalue weighted by Crippen LogP contribution is 2.31. The van der Waals surface area contributed by atoms with E-state index in [0.717, 1.165) is 31.6 Å². The predicted octanol–water partition coefficient (Wildman–Crippen LogP) is 3.45. The summed E-state index contributed by atoms with van der Waals surface area (Å²) in [7, 11) is 0. The number of rotatable bonds is 5. The lowest BCUT2D eigenvalue weighted by molar-refractivity contribution is -0.137. The van der Waals surface area contributed by atoms with Gasteiger partial charge < -0.3 is 5.32 Å². The number of anilines is 1. The fourth-order valence-corrected chi connectivity index (χ4v) is 3.12. The highest BCUT2D eigenvalue weighted by Gasteiger charge is 2.30. The Bertz CT molecular complexity index is 719. The molecule has 1 unspecified atom stereocenters. The van der Waals surface area contributed by atoms with E-state index in [2.05, 4.69) is 32.3 Å². The van der Waals surface area contributed by atoms with Crippen molar-refractivity contribution in [2.45, 2.75) is 32.0 Å². The van der Waals surface area contributed by atoms with Crippen molar-refractivity contribution in [3.63, 3.8) is 0 Å². The molecule has 1 aliphatic heterocycles. The number of aromatic nitrogens is 3. The molecular formula is C17H20F3N5. The van der Waals surface area contributed by atoms with E-state index in [0.29, 0.717) is 29.8 Å². The Kier molecular flexibility index (Phi) is 5.17. The first-order chi connectivity index (χ1) is 12.0. The molecule has 0 aliphatic carbocycles. The van der Waals surface area contributed by atoms with E-state index in [9.17, 15) is 13.2 Å². The van der Waals surface area contributed by atoms with Crippen LogP contribution in [0.1, 0.15) is 25.3 Å². The molecule has 2 heterocycles. The Morgan fingerprint density at radius 3 is 2.92 bits per heavy atom. The Morgan fingerprint density at radius 1 is 1.32 bits per heavy atom. The Hall–Kier alpha value is -2.22. The number of nitrogens with zero attached hydrogens (tertiary/aromatic N) is 4. The van der Waals surface area contributed by atoms with E-state index in [1.165, 1.54) is 18.7 Å². The first-order valence-corrected chi connectivity index (χ1v) is 8.32. The van der Waals surface area contributed by atoms with Crippen molar-refractivity contribution in [2.75, 3.05) is 25.0 Å². The lowest BCUT2D eigenvalue weighted by atomic mass is 10.1. The maximum absolute atomic E-state index is 12.9. The fraction of sp³-hybridized carbons (Fsp3) is 0.471. The van der Waals surface area contributed by atoms with Gasteiger partial charge in [0, 0.05) is 18.2 Å². The first-order valence-electron chi connectivity index (χ1n) is 8.32. The van der Waals surface area contributed by atoms with Gasteiger partial charge in [0.15, 0.2) is 0 Å². The maximum atomic E-state index is 12.9. The molecule has 1 saturated heterocycles. The molecular weight excluding hydrogens is 331 g/mol. The molecule has 0 spiro atoms. The van der Waals surface area contributed by atoms with Crippen LogP contribution >= 0.6 is 0 Å². The molecule has 8 heteroatoms. The van der Waals surface area contributed by atoms with Crippen LogP contribution in [0.4, 0.5) is 19.1 Å². The van der Waals surface area contributed by atoms with E-state index < -0.39 is 11.7 Å². The average Bonchev–Trinajstić information content (AvgIpc) is 3.07. The van der Waals surface area contributed by atoms with Crippen molar-refractivity contribution in [2.24, 2.45) is 0 Å². The van der Waals surface area contributed by atoms with Gasteiger partial charge in [0.1, 0.15) is 0 Å². The number of alkyl halides is 3. The second kappa shape index (κ2) is 7.35. The number of likely N-dealkylation sites (N-methyl/N-ethyl adjacent to an activating group) is 1. The second-order valence-corrected chi connectivity index (χ2v) is 6.05. The molecule has 0 bridgehead atoms. The number of likely N-dealkylation sites (tertiary alicyclic amines) is 1. The van der Waals surface area contributed by atoms with Gasteiger partial charge in [0.05, 0.1) is 17.5 Å². The van der Waals surface area contributed by atoms with Gasteiger partial charge in [-0.1, -0.05) is 19.1 Å². The van der Waals surface area contributed by atoms with Crippen molar-refractivity contribution in [3.05, 3.63) is 36.0 Å². The zero-order valence-electron chi connectivity index (χ0n) is 13.9. The summed E-state index contributed by atoms with van der Waals surface area (Å²) in [6, 6.07) is 5.48. The van der Waals surface area contributed by atoms with Crippen LogP contribution in [0.3, 0.4) is 0 Å². The highest BCUT2D eigenvalue weighted by molar-refractivity contribution is 5.60. The number of nitrogens with one attached hydrogen (secondary N) is 1. The summed E-state index contributed by atoms with van der Waals surface area (Å²) in [5.41, 5.74) is 0.0221. The summed E-state index contributed by atoms with van der Waals surface area (Å²) in [6.45, 7) is 4.91. The number of benzene rings is 1. The fourth-order valence-electron chi connectivity index (χ4n) is 3.12. The Balaban J connectivity index is 1.73. The van der Waals surface area contributed by atoms with Crippen LogP contribution in [0.5, 0.6) is 0 Å². The Labute approximate surface area is 144 Å². The van der Waals surface area contributed by atoms with E-state index in [4.69, 9.17) is 0 Å². The molecule has 0 radical (unpaired) electrons. The lowest BCUT2D eigenvalue weighted by Gasteiger charge is -2.22. The van der Waals surface area contributed by atoms with Gasteiger partial charge >= 0.3 is 6.18 Å². The normalized spacial score (nSPS) is 18.5. The minimum absolute atomic E-state index is 0.331. The second-order valence-electron chi connectivity index (χ2n) is 6.05. The molecule has 1 fully saturated rings. The van der Waals surface area contributed by atoms with Crippen LogP contribution in [0.2, 0.25) is 0 Å². The minimum atomic E-state index is -4.39. The standard InChI is InChI=1S/C17H20F3N5/c1-2-25-8-4-7-14(25)10-21-16-23-15(11-22-24-16)12-5-3-6-13(9-12)17(18,19)20/h3,5-6,9,11,14H,2,4,7-8,10H2,1H3,(H,21,23,24). The van der Waals surface area contributed by atoms with Gasteiger partial charge in [-0.15, -0.1) is 5.10 Å². The van der Waals surface area contributed by atoms with E-state index in [1.807, 2.05) is 0 Å². The molecule has 1 N–H and O–H groups in total. The average molecular weight is 351 g/mol. The zero-order valence-corrected chi connectivity index (χ0v) is 13.9. The molecule has 1 aliphatic rings. The molecule has 2 aromatic rings. The molecule has 3 rings (SSSR count). The van der Waals surface area contributed by atoms with Crippen molar-refractivity contribution in [1.29, 1.82) is 0 Å². The molecule has 1 aromatic carbocycles. The third kappa shape index (κ3) is 4.25. The minimum Gasteiger partial charge on any atom is -0.351 e. The third-order valence-corrected chi connectivity index (χ3v) is 4.45. The molecule has 25 heavy (non-hydrogen) atoms. The van der Waals surface area contributed by atoms with Crippen LogP contribution in [0.15, 0.2) is 30.5 Å². The van der Waals surface area contributed by atoms with Crippen molar-refractivity contribution >= 4 is 5.95 Å². The van der Waals surface area contributed by atoms with Gasteiger partial charge in [-0.3, -0.25) is 4.90 Å². The molecule has 134 valence electrons. The summed E-state index contributed by atoms with van der Waals surface area (Å²) in [5.74, 6) is 0.331. The van der Waals surface area contributed by atoms with Gasteiger partial charge in [0.25, 0.3) is 0 Å². The highest BCUT2D eigenvalue weighted by atomic mass is 19.4. The monoisotopic (exact) mass is 351 g/mol. The molecule has 0 amide bonds. The van der Waals surface area contributed by atoms with Gasteiger partial charge in [-0.05, 0) is 38.1 Å². The predicted molar refractivity (Wildman–Crippen MR) is 89.0 cm³/mol. The zero-order chi connectivity index (χ0) is 17.9. The largest absolute Gasteiger partial charge is 0.416 e. The molecule has 1 atom stereocenters. The van der Waals surface area contributed by atoms with Crippen LogP contribution in [-0.4, -0.2) is 45.8 Å². The summed E-state index contributed by atoms with van der Waals surface area (Å²) >= 11 is 0. The summed E-state index contributed by atoms with van der Waals surface area (Å²) in [6.07, 6.45) is -0.733. The summed E-state index contributed by atoms with van der Waals surface area (Å²) in [5, 5.41) is 11.0. The number of halogens is 3. The van der Waals surface area contributed by atoms with E-state index in [1.54, 1.807) is 6.07 Å². The van der Waals surface area contributed by atoms with Gasteiger partial charge in [-0.25, -0.2) is 4.98 Å². The lowest BCUT2D eigenvalue weighted by Crippen LogP contribution is -2.35. The van der Waals surface area contributed by atoms with E-state index in [-0.39, 0.29) is 0 Å².